The van der Waals surface area contributed by atoms with E-state index >= 15 is 0 Å². The first-order valence-electron chi connectivity index (χ1n) is 10.8. The van der Waals surface area contributed by atoms with E-state index < -0.39 is 0 Å². The van der Waals surface area contributed by atoms with Crippen LogP contribution >= 0.6 is 0 Å². The number of aryl methyl sites for hydroxylation is 1. The smallest absolute Gasteiger partial charge is 0.251 e. The highest BCUT2D eigenvalue weighted by molar-refractivity contribution is 5.94. The minimum absolute atomic E-state index is 0.0818. The number of guanidine groups is 1. The Hall–Kier alpha value is -3.06. The van der Waals surface area contributed by atoms with E-state index in [2.05, 4.69) is 41.1 Å². The third-order valence-electron chi connectivity index (χ3n) is 4.89. The Balaban J connectivity index is 1.53. The summed E-state index contributed by atoms with van der Waals surface area (Å²) in [6, 6.07) is 15.4. The van der Waals surface area contributed by atoms with Crippen LogP contribution in [0.1, 0.15) is 34.8 Å². The van der Waals surface area contributed by atoms with Crippen LogP contribution in [0, 0.1) is 6.92 Å². The second-order valence-electron chi connectivity index (χ2n) is 7.46. The van der Waals surface area contributed by atoms with E-state index in [1.54, 1.807) is 12.1 Å². The number of rotatable bonds is 9. The van der Waals surface area contributed by atoms with Gasteiger partial charge in [0.15, 0.2) is 5.96 Å². The average molecular weight is 425 g/mol. The Kier molecular flexibility index (Phi) is 8.72. The van der Waals surface area contributed by atoms with Crippen molar-refractivity contribution in [1.29, 1.82) is 0 Å². The van der Waals surface area contributed by atoms with Crippen LogP contribution in [0.25, 0.3) is 0 Å². The van der Waals surface area contributed by atoms with Crippen LogP contribution in [0.3, 0.4) is 0 Å². The van der Waals surface area contributed by atoms with Gasteiger partial charge in [0.25, 0.3) is 5.91 Å². The maximum Gasteiger partial charge on any atom is 0.251 e. The number of ether oxygens (including phenoxy) is 2. The van der Waals surface area contributed by atoms with Crippen LogP contribution in [0.15, 0.2) is 53.5 Å². The van der Waals surface area contributed by atoms with Crippen LogP contribution in [-0.2, 0) is 11.3 Å². The first-order chi connectivity index (χ1) is 15.2. The van der Waals surface area contributed by atoms with E-state index in [1.165, 1.54) is 0 Å². The van der Waals surface area contributed by atoms with Crippen molar-refractivity contribution in [3.05, 3.63) is 65.2 Å². The third kappa shape index (κ3) is 7.29. The number of hydrogen-bond donors (Lipinski definition) is 3. The molecule has 1 aliphatic rings. The summed E-state index contributed by atoms with van der Waals surface area (Å²) in [7, 11) is 0. The van der Waals surface area contributed by atoms with Crippen LogP contribution < -0.4 is 20.7 Å². The largest absolute Gasteiger partial charge is 0.488 e. The van der Waals surface area contributed by atoms with Gasteiger partial charge >= 0.3 is 0 Å². The van der Waals surface area contributed by atoms with Gasteiger partial charge < -0.3 is 25.4 Å². The van der Waals surface area contributed by atoms with Crippen molar-refractivity contribution in [3.8, 4) is 5.75 Å². The van der Waals surface area contributed by atoms with Gasteiger partial charge in [-0.25, -0.2) is 4.99 Å². The molecule has 3 rings (SSSR count). The van der Waals surface area contributed by atoms with E-state index in [-0.39, 0.29) is 12.0 Å². The molecule has 7 heteroatoms. The molecule has 0 aromatic heterocycles. The van der Waals surface area contributed by atoms with Gasteiger partial charge in [0, 0.05) is 37.2 Å². The summed E-state index contributed by atoms with van der Waals surface area (Å²) in [5, 5.41) is 9.42. The maximum atomic E-state index is 12.1. The molecule has 1 saturated heterocycles. The highest BCUT2D eigenvalue weighted by Gasteiger charge is 2.18. The quantitative estimate of drug-likeness (QED) is 0.327. The Labute approximate surface area is 184 Å². The molecule has 1 aliphatic heterocycles. The molecule has 0 aliphatic carbocycles. The van der Waals surface area contributed by atoms with Crippen molar-refractivity contribution in [2.24, 2.45) is 4.99 Å². The molecule has 1 unspecified atom stereocenters. The molecular weight excluding hydrogens is 392 g/mol. The Bertz CT molecular complexity index is 864. The molecule has 31 heavy (non-hydrogen) atoms. The van der Waals surface area contributed by atoms with Gasteiger partial charge in [-0.1, -0.05) is 30.3 Å². The molecule has 0 radical (unpaired) electrons. The van der Waals surface area contributed by atoms with Crippen LogP contribution in [0.4, 0.5) is 0 Å². The van der Waals surface area contributed by atoms with Gasteiger partial charge in [-0.2, -0.15) is 0 Å². The summed E-state index contributed by atoms with van der Waals surface area (Å²) in [4.78, 5) is 16.8. The lowest BCUT2D eigenvalue weighted by Crippen LogP contribution is -2.41. The highest BCUT2D eigenvalue weighted by Crippen LogP contribution is 2.24. The minimum atomic E-state index is -0.0818. The predicted octanol–water partition coefficient (Wildman–Crippen LogP) is 2.65. The van der Waals surface area contributed by atoms with Gasteiger partial charge in [0.1, 0.15) is 11.9 Å². The van der Waals surface area contributed by atoms with Gasteiger partial charge in [-0.05, 0) is 37.6 Å². The molecule has 166 valence electrons. The second-order valence-corrected chi connectivity index (χ2v) is 7.46. The van der Waals surface area contributed by atoms with E-state index in [4.69, 9.17) is 14.5 Å². The molecule has 1 heterocycles. The first kappa shape index (κ1) is 22.6. The summed E-state index contributed by atoms with van der Waals surface area (Å²) >= 11 is 0. The zero-order chi connectivity index (χ0) is 21.9. The van der Waals surface area contributed by atoms with E-state index in [0.29, 0.717) is 37.8 Å². The monoisotopic (exact) mass is 424 g/mol. The Morgan fingerprint density at radius 2 is 1.94 bits per heavy atom. The number of nitrogens with one attached hydrogen (secondary N) is 3. The molecule has 2 aromatic rings. The molecule has 1 amide bonds. The zero-order valence-electron chi connectivity index (χ0n) is 18.3. The third-order valence-corrected chi connectivity index (χ3v) is 4.89. The first-order valence-corrected chi connectivity index (χ1v) is 10.8. The molecule has 7 nitrogen and oxygen atoms in total. The van der Waals surface area contributed by atoms with Crippen molar-refractivity contribution in [2.75, 3.05) is 32.8 Å². The summed E-state index contributed by atoms with van der Waals surface area (Å²) in [6.07, 6.45) is 1.01. The maximum absolute atomic E-state index is 12.1. The number of aliphatic imine (C=N–C) groups is 1. The number of hydrogen-bond acceptors (Lipinski definition) is 4. The zero-order valence-corrected chi connectivity index (χ0v) is 18.3. The van der Waals surface area contributed by atoms with Crippen molar-refractivity contribution in [2.45, 2.75) is 32.9 Å². The molecule has 0 bridgehead atoms. The van der Waals surface area contributed by atoms with E-state index in [9.17, 15) is 4.79 Å². The van der Waals surface area contributed by atoms with Crippen molar-refractivity contribution < 1.29 is 14.3 Å². The van der Waals surface area contributed by atoms with Crippen molar-refractivity contribution in [3.63, 3.8) is 0 Å². The van der Waals surface area contributed by atoms with E-state index in [0.717, 1.165) is 36.4 Å². The fourth-order valence-corrected chi connectivity index (χ4v) is 3.24. The number of carbonyl (C=O) groups excluding carboxylic acids is 1. The summed E-state index contributed by atoms with van der Waals surface area (Å²) in [6.45, 7) is 7.78. The summed E-state index contributed by atoms with van der Waals surface area (Å²) in [5.74, 6) is 1.49. The fraction of sp³-hybridized carbons (Fsp3) is 0.417. The van der Waals surface area contributed by atoms with Gasteiger partial charge in [-0.15, -0.1) is 0 Å². The molecule has 1 atom stereocenters. The van der Waals surface area contributed by atoms with Crippen molar-refractivity contribution in [1.82, 2.24) is 16.0 Å². The van der Waals surface area contributed by atoms with Crippen LogP contribution in [0.2, 0.25) is 0 Å². The molecule has 1 fully saturated rings. The molecule has 0 spiro atoms. The van der Waals surface area contributed by atoms with Gasteiger partial charge in [-0.3, -0.25) is 4.79 Å². The molecule has 0 saturated carbocycles. The van der Waals surface area contributed by atoms with Gasteiger partial charge in [0.2, 0.25) is 0 Å². The van der Waals surface area contributed by atoms with Crippen LogP contribution in [0.5, 0.6) is 5.75 Å². The standard InChI is InChI=1S/C24H32N4O3/c1-3-25-24(27-13-12-26-23(29)19-7-5-4-6-8-19)28-16-20-10-9-18(2)15-22(20)31-21-11-14-30-17-21/h4-10,15,21H,3,11-14,16-17H2,1-2H3,(H,26,29)(H2,25,27,28). The van der Waals surface area contributed by atoms with Crippen LogP contribution in [-0.4, -0.2) is 50.8 Å². The highest BCUT2D eigenvalue weighted by atomic mass is 16.5. The summed E-state index contributed by atoms with van der Waals surface area (Å²) in [5.41, 5.74) is 2.84. The number of carbonyl (C=O) groups is 1. The number of nitrogens with zero attached hydrogens (tertiary/aromatic N) is 1. The average Bonchev–Trinajstić information content (AvgIpc) is 3.29. The lowest BCUT2D eigenvalue weighted by molar-refractivity contribution is 0.0954. The predicted molar refractivity (Wildman–Crippen MR) is 123 cm³/mol. The minimum Gasteiger partial charge on any atom is -0.488 e. The Morgan fingerprint density at radius 1 is 1.13 bits per heavy atom. The normalized spacial score (nSPS) is 16.1. The molecule has 2 aromatic carbocycles. The van der Waals surface area contributed by atoms with Gasteiger partial charge in [0.05, 0.1) is 19.8 Å². The SMILES string of the molecule is CCNC(=NCc1ccc(C)cc1OC1CCOC1)NCCNC(=O)c1ccccc1. The number of benzene rings is 2. The topological polar surface area (TPSA) is 84.0 Å². The lowest BCUT2D eigenvalue weighted by Gasteiger charge is -2.16. The second kappa shape index (κ2) is 12.0. The van der Waals surface area contributed by atoms with Crippen molar-refractivity contribution >= 4 is 11.9 Å². The molecule has 3 N–H and O–H groups in total. The lowest BCUT2D eigenvalue weighted by atomic mass is 10.1. The Morgan fingerprint density at radius 3 is 2.68 bits per heavy atom. The fourth-order valence-electron chi connectivity index (χ4n) is 3.24. The molecular formula is C24H32N4O3. The van der Waals surface area contributed by atoms with E-state index in [1.807, 2.05) is 25.1 Å². The summed E-state index contributed by atoms with van der Waals surface area (Å²) < 4.78 is 11.6. The number of amides is 1.